The summed E-state index contributed by atoms with van der Waals surface area (Å²) in [5.41, 5.74) is -0.336. The second-order valence-electron chi connectivity index (χ2n) is 12.4. The van der Waals surface area contributed by atoms with Gasteiger partial charge in [0.1, 0.15) is 17.0 Å². The van der Waals surface area contributed by atoms with E-state index in [0.29, 0.717) is 29.1 Å². The Hall–Kier alpha value is -3.32. The topological polar surface area (TPSA) is 94.1 Å². The zero-order valence-corrected chi connectivity index (χ0v) is 24.5. The Labute approximate surface area is 232 Å². The van der Waals surface area contributed by atoms with Crippen LogP contribution in [0, 0.1) is 5.92 Å². The maximum atomic E-state index is 13.9. The molecule has 39 heavy (non-hydrogen) atoms. The first kappa shape index (κ1) is 30.2. The van der Waals surface area contributed by atoms with Crippen molar-refractivity contribution in [3.8, 4) is 5.75 Å². The van der Waals surface area contributed by atoms with Gasteiger partial charge in [0.15, 0.2) is 0 Å². The van der Waals surface area contributed by atoms with Crippen LogP contribution >= 0.6 is 0 Å². The van der Waals surface area contributed by atoms with Gasteiger partial charge in [-0.25, -0.2) is 4.79 Å². The third-order valence-electron chi connectivity index (χ3n) is 6.52. The van der Waals surface area contributed by atoms with Crippen molar-refractivity contribution in [3.63, 3.8) is 0 Å². The van der Waals surface area contributed by atoms with Crippen molar-refractivity contribution in [3.05, 3.63) is 77.0 Å². The molecule has 0 fully saturated rings. The minimum atomic E-state index is -1.51. The number of hydrogen-bond donors (Lipinski definition) is 2. The molecule has 2 aromatic carbocycles. The maximum Gasteiger partial charge on any atom is 0.336 e. The average molecular weight is 538 g/mol. The summed E-state index contributed by atoms with van der Waals surface area (Å²) in [6.07, 6.45) is 0.781. The minimum Gasteiger partial charge on any atom is -0.497 e. The largest absolute Gasteiger partial charge is 0.497 e. The van der Waals surface area contributed by atoms with Crippen molar-refractivity contribution < 1.29 is 28.9 Å². The van der Waals surface area contributed by atoms with Gasteiger partial charge in [-0.05, 0) is 78.1 Å². The number of hydrogen-bond acceptors (Lipinski definition) is 7. The summed E-state index contributed by atoms with van der Waals surface area (Å²) in [6.45, 7) is 12.9. The molecule has 0 radical (unpaired) electrons. The Morgan fingerprint density at radius 3 is 2.08 bits per heavy atom. The first-order valence-corrected chi connectivity index (χ1v) is 13.4. The SMILES string of the molecule is COc1ccc([C@H]2C(C(=O)OC(C)(C)C)=C(NCCc3ccccc3)C[C@](C)(O)[C@H]2C(=O)OC(C)(C)C)cc1. The normalized spacial score (nSPS) is 21.8. The van der Waals surface area contributed by atoms with Crippen LogP contribution in [0.2, 0.25) is 0 Å². The van der Waals surface area contributed by atoms with Crippen LogP contribution in [-0.4, -0.2) is 47.5 Å². The standard InChI is InChI=1S/C32H43NO6/c1-30(2,3)38-28(34)26-24(33-19-18-21-12-10-9-11-13-21)20-32(7,36)27(29(35)39-31(4,5)6)25(26)22-14-16-23(37-8)17-15-22/h9-17,25,27,33,36H,18-20H2,1-8H3/t25-,27+,32-/m0/s1. The minimum absolute atomic E-state index is 0.0624. The molecule has 0 saturated carbocycles. The number of methoxy groups -OCH3 is 1. The van der Waals surface area contributed by atoms with Crippen LogP contribution in [0.3, 0.4) is 0 Å². The molecule has 0 unspecified atom stereocenters. The first-order chi connectivity index (χ1) is 18.1. The summed E-state index contributed by atoms with van der Waals surface area (Å²) in [6, 6.07) is 17.2. The fourth-order valence-corrected chi connectivity index (χ4v) is 4.95. The Morgan fingerprint density at radius 2 is 1.54 bits per heavy atom. The van der Waals surface area contributed by atoms with Crippen molar-refractivity contribution in [2.75, 3.05) is 13.7 Å². The lowest BCUT2D eigenvalue weighted by Crippen LogP contribution is -2.52. The predicted octanol–water partition coefficient (Wildman–Crippen LogP) is 5.32. The highest BCUT2D eigenvalue weighted by molar-refractivity contribution is 5.94. The molecule has 0 spiro atoms. The molecule has 0 amide bonds. The second-order valence-corrected chi connectivity index (χ2v) is 12.4. The van der Waals surface area contributed by atoms with E-state index in [1.165, 1.54) is 0 Å². The van der Waals surface area contributed by atoms with E-state index in [0.717, 1.165) is 12.0 Å². The van der Waals surface area contributed by atoms with Gasteiger partial charge < -0.3 is 24.6 Å². The number of esters is 2. The number of carbonyl (C=O) groups is 2. The number of nitrogens with one attached hydrogen (secondary N) is 1. The molecule has 0 heterocycles. The zero-order valence-electron chi connectivity index (χ0n) is 24.5. The first-order valence-electron chi connectivity index (χ1n) is 13.4. The number of aliphatic hydroxyl groups is 1. The highest BCUT2D eigenvalue weighted by atomic mass is 16.6. The molecule has 1 aliphatic carbocycles. The maximum absolute atomic E-state index is 13.9. The molecule has 3 rings (SSSR count). The summed E-state index contributed by atoms with van der Waals surface area (Å²) in [7, 11) is 1.57. The molecular formula is C32H43NO6. The Balaban J connectivity index is 2.16. The summed E-state index contributed by atoms with van der Waals surface area (Å²) in [4.78, 5) is 27.5. The number of ether oxygens (including phenoxy) is 3. The molecule has 0 saturated heterocycles. The molecule has 7 heteroatoms. The van der Waals surface area contributed by atoms with Gasteiger partial charge in [-0.2, -0.15) is 0 Å². The zero-order chi connectivity index (χ0) is 29.0. The van der Waals surface area contributed by atoms with Crippen LogP contribution in [0.4, 0.5) is 0 Å². The average Bonchev–Trinajstić information content (AvgIpc) is 2.81. The quantitative estimate of drug-likeness (QED) is 0.440. The number of benzene rings is 2. The molecule has 7 nitrogen and oxygen atoms in total. The van der Waals surface area contributed by atoms with Crippen LogP contribution in [0.25, 0.3) is 0 Å². The van der Waals surface area contributed by atoms with Crippen molar-refractivity contribution >= 4 is 11.9 Å². The van der Waals surface area contributed by atoms with Crippen LogP contribution in [0.15, 0.2) is 65.9 Å². The van der Waals surface area contributed by atoms with Crippen molar-refractivity contribution in [2.45, 2.75) is 84.0 Å². The van der Waals surface area contributed by atoms with Gasteiger partial charge in [0, 0.05) is 24.6 Å². The smallest absolute Gasteiger partial charge is 0.336 e. The van der Waals surface area contributed by atoms with E-state index >= 15 is 0 Å². The van der Waals surface area contributed by atoms with Gasteiger partial charge in [-0.15, -0.1) is 0 Å². The van der Waals surface area contributed by atoms with Gasteiger partial charge in [0.25, 0.3) is 0 Å². The molecule has 2 aromatic rings. The van der Waals surface area contributed by atoms with Crippen LogP contribution < -0.4 is 10.1 Å². The summed E-state index contributed by atoms with van der Waals surface area (Å²) < 4.78 is 17.0. The van der Waals surface area contributed by atoms with E-state index < -0.39 is 40.6 Å². The van der Waals surface area contributed by atoms with E-state index in [-0.39, 0.29) is 6.42 Å². The summed E-state index contributed by atoms with van der Waals surface area (Å²) in [5, 5.41) is 15.2. The molecule has 212 valence electrons. The van der Waals surface area contributed by atoms with E-state index in [2.05, 4.69) is 5.32 Å². The lowest BCUT2D eigenvalue weighted by molar-refractivity contribution is -0.171. The van der Waals surface area contributed by atoms with Crippen molar-refractivity contribution in [2.24, 2.45) is 5.92 Å². The van der Waals surface area contributed by atoms with E-state index in [4.69, 9.17) is 14.2 Å². The summed E-state index contributed by atoms with van der Waals surface area (Å²) >= 11 is 0. The number of carbonyl (C=O) groups excluding carboxylic acids is 2. The fourth-order valence-electron chi connectivity index (χ4n) is 4.95. The molecule has 0 aromatic heterocycles. The van der Waals surface area contributed by atoms with E-state index in [9.17, 15) is 14.7 Å². The predicted molar refractivity (Wildman–Crippen MR) is 151 cm³/mol. The van der Waals surface area contributed by atoms with Gasteiger partial charge in [-0.1, -0.05) is 42.5 Å². The molecule has 2 N–H and O–H groups in total. The van der Waals surface area contributed by atoms with E-state index in [1.54, 1.807) is 67.7 Å². The highest BCUT2D eigenvalue weighted by Crippen LogP contribution is 2.48. The van der Waals surface area contributed by atoms with Crippen LogP contribution in [-0.2, 0) is 25.5 Å². The van der Waals surface area contributed by atoms with Crippen LogP contribution in [0.5, 0.6) is 5.75 Å². The van der Waals surface area contributed by atoms with Crippen molar-refractivity contribution in [1.29, 1.82) is 0 Å². The molecule has 0 bridgehead atoms. The lowest BCUT2D eigenvalue weighted by atomic mass is 9.65. The molecule has 0 aliphatic heterocycles. The Morgan fingerprint density at radius 1 is 0.949 bits per heavy atom. The van der Waals surface area contributed by atoms with Gasteiger partial charge in [0.05, 0.1) is 24.2 Å². The fraction of sp³-hybridized carbons (Fsp3) is 0.500. The van der Waals surface area contributed by atoms with Gasteiger partial charge >= 0.3 is 11.9 Å². The third kappa shape index (κ3) is 8.09. The summed E-state index contributed by atoms with van der Waals surface area (Å²) in [5.74, 6) is -2.33. The van der Waals surface area contributed by atoms with E-state index in [1.807, 2.05) is 42.5 Å². The second kappa shape index (κ2) is 11.8. The third-order valence-corrected chi connectivity index (χ3v) is 6.52. The molecular weight excluding hydrogens is 494 g/mol. The monoisotopic (exact) mass is 537 g/mol. The van der Waals surface area contributed by atoms with Gasteiger partial charge in [-0.3, -0.25) is 4.79 Å². The number of rotatable bonds is 8. The highest BCUT2D eigenvalue weighted by Gasteiger charge is 2.53. The van der Waals surface area contributed by atoms with Gasteiger partial charge in [0.2, 0.25) is 0 Å². The van der Waals surface area contributed by atoms with Crippen molar-refractivity contribution in [1.82, 2.24) is 5.32 Å². The Kier molecular flexibility index (Phi) is 9.16. The Bertz CT molecular complexity index is 1170. The molecule has 1 aliphatic rings. The molecule has 3 atom stereocenters. The lowest BCUT2D eigenvalue weighted by Gasteiger charge is -2.44. The van der Waals surface area contributed by atoms with Crippen LogP contribution in [0.1, 0.15) is 71.9 Å².